The number of halogens is 1. The van der Waals surface area contributed by atoms with Crippen LogP contribution in [0.25, 0.3) is 0 Å². The summed E-state index contributed by atoms with van der Waals surface area (Å²) in [6.45, 7) is 2.71. The van der Waals surface area contributed by atoms with Crippen LogP contribution in [0.2, 0.25) is 5.02 Å². The van der Waals surface area contributed by atoms with Crippen molar-refractivity contribution in [3.63, 3.8) is 0 Å². The standard InChI is InChI=1S/C21H24ClNO3/c1-2-3-11-23-18(13-7-6-8-14(22)12-13)17-19(24)15-9-4-5-10-16(15)26-20(17)21(23)25/h6-8,12,15-16,18H,2-5,9-11H2,1H3. The second-order valence-corrected chi connectivity index (χ2v) is 7.90. The van der Waals surface area contributed by atoms with Crippen molar-refractivity contribution in [3.8, 4) is 0 Å². The predicted molar refractivity (Wildman–Crippen MR) is 99.7 cm³/mol. The van der Waals surface area contributed by atoms with Gasteiger partial charge in [0.1, 0.15) is 6.10 Å². The Morgan fingerprint density at radius 3 is 2.81 bits per heavy atom. The number of carbonyl (C=O) groups excluding carboxylic acids is 2. The molecule has 3 aliphatic rings. The van der Waals surface area contributed by atoms with Gasteiger partial charge in [0.05, 0.1) is 17.5 Å². The summed E-state index contributed by atoms with van der Waals surface area (Å²) in [7, 11) is 0. The van der Waals surface area contributed by atoms with E-state index in [1.165, 1.54) is 0 Å². The van der Waals surface area contributed by atoms with Crippen LogP contribution in [0.1, 0.15) is 57.1 Å². The highest BCUT2D eigenvalue weighted by Crippen LogP contribution is 2.46. The van der Waals surface area contributed by atoms with Gasteiger partial charge in [-0.15, -0.1) is 0 Å². The second-order valence-electron chi connectivity index (χ2n) is 7.46. The number of hydrogen-bond acceptors (Lipinski definition) is 3. The smallest absolute Gasteiger partial charge is 0.290 e. The van der Waals surface area contributed by atoms with Crippen LogP contribution < -0.4 is 0 Å². The molecule has 5 heteroatoms. The summed E-state index contributed by atoms with van der Waals surface area (Å²) < 4.78 is 6.12. The molecule has 1 aliphatic carbocycles. The van der Waals surface area contributed by atoms with E-state index in [2.05, 4.69) is 6.92 Å². The maximum atomic E-state index is 13.3. The zero-order valence-corrected chi connectivity index (χ0v) is 15.8. The number of benzene rings is 1. The molecule has 1 fully saturated rings. The molecule has 138 valence electrons. The highest BCUT2D eigenvalue weighted by molar-refractivity contribution is 6.30. The van der Waals surface area contributed by atoms with Gasteiger partial charge < -0.3 is 9.64 Å². The fourth-order valence-electron chi connectivity index (χ4n) is 4.47. The Hall–Kier alpha value is -1.81. The number of amides is 1. The summed E-state index contributed by atoms with van der Waals surface area (Å²) in [5.74, 6) is 0.145. The minimum Gasteiger partial charge on any atom is -0.483 e. The summed E-state index contributed by atoms with van der Waals surface area (Å²) in [5, 5.41) is 0.610. The number of Topliss-reactive ketones (excluding diaryl/α,β-unsaturated/α-hetero) is 1. The molecule has 2 aliphatic heterocycles. The molecule has 0 radical (unpaired) electrons. The van der Waals surface area contributed by atoms with E-state index in [9.17, 15) is 9.59 Å². The Labute approximate surface area is 159 Å². The van der Waals surface area contributed by atoms with Crippen molar-refractivity contribution < 1.29 is 14.3 Å². The molecule has 4 nitrogen and oxygen atoms in total. The molecule has 0 N–H and O–H groups in total. The van der Waals surface area contributed by atoms with Crippen molar-refractivity contribution in [1.29, 1.82) is 0 Å². The number of carbonyl (C=O) groups is 2. The molecule has 0 aromatic heterocycles. The first-order valence-corrected chi connectivity index (χ1v) is 10.0. The Bertz CT molecular complexity index is 772. The third-order valence-corrected chi connectivity index (χ3v) is 6.01. The number of hydrogen-bond donors (Lipinski definition) is 0. The quantitative estimate of drug-likeness (QED) is 0.784. The van der Waals surface area contributed by atoms with Gasteiger partial charge in [0, 0.05) is 11.6 Å². The number of ether oxygens (including phenoxy) is 1. The van der Waals surface area contributed by atoms with Gasteiger partial charge in [-0.05, 0) is 43.4 Å². The van der Waals surface area contributed by atoms with E-state index in [1.807, 2.05) is 24.3 Å². The molecule has 1 amide bonds. The zero-order valence-electron chi connectivity index (χ0n) is 15.0. The third kappa shape index (κ3) is 2.84. The lowest BCUT2D eigenvalue weighted by Gasteiger charge is -2.35. The molecule has 0 saturated heterocycles. The Morgan fingerprint density at radius 1 is 1.23 bits per heavy atom. The van der Waals surface area contributed by atoms with Crippen LogP contribution >= 0.6 is 11.6 Å². The highest BCUT2D eigenvalue weighted by Gasteiger charge is 2.51. The summed E-state index contributed by atoms with van der Waals surface area (Å²) in [5.41, 5.74) is 1.44. The average molecular weight is 374 g/mol. The lowest BCUT2D eigenvalue weighted by atomic mass is 9.77. The van der Waals surface area contributed by atoms with Gasteiger partial charge in [-0.2, -0.15) is 0 Å². The molecule has 0 spiro atoms. The fraction of sp³-hybridized carbons (Fsp3) is 0.524. The van der Waals surface area contributed by atoms with Crippen LogP contribution in [-0.2, 0) is 14.3 Å². The van der Waals surface area contributed by atoms with Gasteiger partial charge in [-0.25, -0.2) is 0 Å². The molecule has 2 heterocycles. The van der Waals surface area contributed by atoms with Gasteiger partial charge >= 0.3 is 0 Å². The van der Waals surface area contributed by atoms with Crippen molar-refractivity contribution in [2.24, 2.45) is 5.92 Å². The van der Waals surface area contributed by atoms with Gasteiger partial charge in [0.25, 0.3) is 5.91 Å². The largest absolute Gasteiger partial charge is 0.483 e. The second kappa shape index (κ2) is 7.07. The van der Waals surface area contributed by atoms with Gasteiger partial charge in [0.2, 0.25) is 0 Å². The van der Waals surface area contributed by atoms with E-state index in [0.717, 1.165) is 44.1 Å². The van der Waals surface area contributed by atoms with Crippen molar-refractivity contribution >= 4 is 23.3 Å². The SMILES string of the molecule is CCCCN1C(=O)C2=C(C(=O)C3CCCCC3O2)C1c1cccc(Cl)c1. The summed E-state index contributed by atoms with van der Waals surface area (Å²) in [6.07, 6.45) is 5.56. The number of ketones is 1. The number of rotatable bonds is 4. The monoisotopic (exact) mass is 373 g/mol. The van der Waals surface area contributed by atoms with Crippen LogP contribution in [0.4, 0.5) is 0 Å². The van der Waals surface area contributed by atoms with Gasteiger partial charge in [-0.1, -0.05) is 43.5 Å². The molecular weight excluding hydrogens is 350 g/mol. The molecule has 3 unspecified atom stereocenters. The minimum absolute atomic E-state index is 0.105. The van der Waals surface area contributed by atoms with E-state index >= 15 is 0 Å². The highest BCUT2D eigenvalue weighted by atomic mass is 35.5. The van der Waals surface area contributed by atoms with E-state index in [1.54, 1.807) is 4.90 Å². The Kier molecular flexibility index (Phi) is 4.78. The zero-order chi connectivity index (χ0) is 18.3. The van der Waals surface area contributed by atoms with Crippen LogP contribution in [0.5, 0.6) is 0 Å². The first-order chi connectivity index (χ1) is 12.6. The molecular formula is C21H24ClNO3. The molecule has 26 heavy (non-hydrogen) atoms. The summed E-state index contributed by atoms with van der Waals surface area (Å²) >= 11 is 6.20. The first-order valence-electron chi connectivity index (χ1n) is 9.63. The van der Waals surface area contributed by atoms with Crippen LogP contribution in [-0.4, -0.2) is 29.2 Å². The van der Waals surface area contributed by atoms with E-state index in [-0.39, 0.29) is 29.8 Å². The van der Waals surface area contributed by atoms with Crippen LogP contribution in [0, 0.1) is 5.92 Å². The summed E-state index contributed by atoms with van der Waals surface area (Å²) in [6, 6.07) is 7.10. The van der Waals surface area contributed by atoms with Crippen LogP contribution in [0.15, 0.2) is 35.6 Å². The third-order valence-electron chi connectivity index (χ3n) is 5.78. The van der Waals surface area contributed by atoms with Crippen molar-refractivity contribution in [3.05, 3.63) is 46.2 Å². The van der Waals surface area contributed by atoms with Crippen molar-refractivity contribution in [2.75, 3.05) is 6.54 Å². The Balaban J connectivity index is 1.78. The lowest BCUT2D eigenvalue weighted by Crippen LogP contribution is -2.39. The van der Waals surface area contributed by atoms with Crippen LogP contribution in [0.3, 0.4) is 0 Å². The van der Waals surface area contributed by atoms with E-state index < -0.39 is 0 Å². The van der Waals surface area contributed by atoms with Gasteiger partial charge in [-0.3, -0.25) is 9.59 Å². The normalized spacial score (nSPS) is 28.1. The number of unbranched alkanes of at least 4 members (excludes halogenated alkanes) is 1. The summed E-state index contributed by atoms with van der Waals surface area (Å²) in [4.78, 5) is 28.2. The number of fused-ring (bicyclic) bond motifs is 1. The first kappa shape index (κ1) is 17.6. The van der Waals surface area contributed by atoms with E-state index in [0.29, 0.717) is 22.9 Å². The lowest BCUT2D eigenvalue weighted by molar-refractivity contribution is -0.135. The minimum atomic E-state index is -0.377. The molecule has 4 rings (SSSR count). The molecule has 3 atom stereocenters. The number of nitrogens with zero attached hydrogens (tertiary/aromatic N) is 1. The van der Waals surface area contributed by atoms with Crippen molar-refractivity contribution in [2.45, 2.75) is 57.6 Å². The Morgan fingerprint density at radius 2 is 2.04 bits per heavy atom. The predicted octanol–water partition coefficient (Wildman–Crippen LogP) is 4.44. The van der Waals surface area contributed by atoms with Gasteiger partial charge in [0.15, 0.2) is 11.5 Å². The molecule has 1 saturated carbocycles. The fourth-order valence-corrected chi connectivity index (χ4v) is 4.67. The molecule has 1 aromatic carbocycles. The molecule has 0 bridgehead atoms. The maximum Gasteiger partial charge on any atom is 0.290 e. The average Bonchev–Trinajstić information content (AvgIpc) is 2.93. The van der Waals surface area contributed by atoms with E-state index in [4.69, 9.17) is 16.3 Å². The molecule has 1 aromatic rings. The topological polar surface area (TPSA) is 46.6 Å². The maximum absolute atomic E-state index is 13.3. The van der Waals surface area contributed by atoms with Crippen molar-refractivity contribution in [1.82, 2.24) is 4.90 Å².